The summed E-state index contributed by atoms with van der Waals surface area (Å²) in [4.78, 5) is 10.4. The van der Waals surface area contributed by atoms with Gasteiger partial charge < -0.3 is 9.52 Å². The number of hydrogen-bond acceptors (Lipinski definition) is 4. The van der Waals surface area contributed by atoms with Gasteiger partial charge in [-0.3, -0.25) is 0 Å². The predicted molar refractivity (Wildman–Crippen MR) is 44.7 cm³/mol. The van der Waals surface area contributed by atoms with Gasteiger partial charge in [-0.25, -0.2) is 18.4 Å². The van der Waals surface area contributed by atoms with Gasteiger partial charge in [0.2, 0.25) is 5.09 Å². The molecule has 13 heavy (non-hydrogen) atoms. The lowest BCUT2D eigenvalue weighted by atomic mass is 10.4. The Morgan fingerprint density at radius 3 is 2.38 bits per heavy atom. The molecular formula is C5H4BrNO5S. The van der Waals surface area contributed by atoms with E-state index in [1.165, 1.54) is 0 Å². The van der Waals surface area contributed by atoms with Gasteiger partial charge in [0, 0.05) is 6.07 Å². The quantitative estimate of drug-likeness (QED) is 0.807. The van der Waals surface area contributed by atoms with E-state index in [2.05, 4.69) is 20.3 Å². The molecule has 1 heterocycles. The SMILES string of the molecule is NS(=O)(=O)c1cc(C(=O)O)c(Br)o1. The Morgan fingerprint density at radius 1 is 1.62 bits per heavy atom. The Hall–Kier alpha value is -0.860. The molecule has 0 aliphatic carbocycles. The summed E-state index contributed by atoms with van der Waals surface area (Å²) < 4.78 is 25.8. The van der Waals surface area contributed by atoms with Crippen molar-refractivity contribution in [2.45, 2.75) is 5.09 Å². The first-order chi connectivity index (χ1) is 5.82. The van der Waals surface area contributed by atoms with Gasteiger partial charge >= 0.3 is 5.97 Å². The van der Waals surface area contributed by atoms with E-state index in [9.17, 15) is 13.2 Å². The summed E-state index contributed by atoms with van der Waals surface area (Å²) in [5.74, 6) is -1.30. The van der Waals surface area contributed by atoms with Crippen LogP contribution in [0.5, 0.6) is 0 Å². The highest BCUT2D eigenvalue weighted by molar-refractivity contribution is 9.10. The van der Waals surface area contributed by atoms with E-state index in [1.54, 1.807) is 0 Å². The summed E-state index contributed by atoms with van der Waals surface area (Å²) in [5.41, 5.74) is -0.288. The van der Waals surface area contributed by atoms with E-state index >= 15 is 0 Å². The van der Waals surface area contributed by atoms with Crippen molar-refractivity contribution in [1.29, 1.82) is 0 Å². The predicted octanol–water partition coefficient (Wildman–Crippen LogP) is 0.388. The number of halogens is 1. The second-order valence-electron chi connectivity index (χ2n) is 2.10. The third kappa shape index (κ3) is 2.08. The van der Waals surface area contributed by atoms with Crippen LogP contribution < -0.4 is 5.14 Å². The van der Waals surface area contributed by atoms with E-state index in [0.29, 0.717) is 0 Å². The zero-order valence-corrected chi connectivity index (χ0v) is 8.42. The molecule has 0 fully saturated rings. The summed E-state index contributed by atoms with van der Waals surface area (Å²) in [6, 6.07) is 0.835. The summed E-state index contributed by atoms with van der Waals surface area (Å²) in [6.07, 6.45) is 0. The Labute approximate surface area is 81.5 Å². The molecule has 0 radical (unpaired) electrons. The van der Waals surface area contributed by atoms with Crippen LogP contribution in [0.3, 0.4) is 0 Å². The first kappa shape index (κ1) is 10.2. The van der Waals surface area contributed by atoms with Gasteiger partial charge in [-0.1, -0.05) is 0 Å². The maximum Gasteiger partial charge on any atom is 0.340 e. The summed E-state index contributed by atoms with van der Waals surface area (Å²) in [5, 5.41) is 12.6. The van der Waals surface area contributed by atoms with E-state index in [-0.39, 0.29) is 10.2 Å². The molecule has 0 amide bonds. The number of sulfonamides is 1. The zero-order valence-electron chi connectivity index (χ0n) is 6.02. The van der Waals surface area contributed by atoms with Crippen LogP contribution in [0.15, 0.2) is 20.2 Å². The summed E-state index contributed by atoms with van der Waals surface area (Å²) >= 11 is 2.74. The molecule has 0 atom stereocenters. The van der Waals surface area contributed by atoms with Gasteiger partial charge in [-0.15, -0.1) is 0 Å². The number of rotatable bonds is 2. The molecule has 0 saturated carbocycles. The van der Waals surface area contributed by atoms with Crippen LogP contribution in [0.25, 0.3) is 0 Å². The van der Waals surface area contributed by atoms with Gasteiger partial charge in [-0.05, 0) is 15.9 Å². The van der Waals surface area contributed by atoms with Gasteiger partial charge in [-0.2, -0.15) is 0 Å². The standard InChI is InChI=1S/C5H4BrNO5S/c6-4-2(5(8)9)1-3(12-4)13(7,10)11/h1H,(H,8,9)(H2,7,10,11). The van der Waals surface area contributed by atoms with E-state index < -0.39 is 21.1 Å². The van der Waals surface area contributed by atoms with Crippen LogP contribution in [-0.2, 0) is 10.0 Å². The van der Waals surface area contributed by atoms with Gasteiger partial charge in [0.05, 0.1) is 0 Å². The van der Waals surface area contributed by atoms with Crippen molar-refractivity contribution in [3.63, 3.8) is 0 Å². The van der Waals surface area contributed by atoms with Crippen LogP contribution >= 0.6 is 15.9 Å². The minimum absolute atomic E-state index is 0.177. The highest BCUT2D eigenvalue weighted by Gasteiger charge is 2.20. The van der Waals surface area contributed by atoms with Gasteiger partial charge in [0.1, 0.15) is 5.56 Å². The highest BCUT2D eigenvalue weighted by Crippen LogP contribution is 2.23. The lowest BCUT2D eigenvalue weighted by Gasteiger charge is -1.87. The molecule has 8 heteroatoms. The summed E-state index contributed by atoms with van der Waals surface area (Å²) in [6.45, 7) is 0. The topological polar surface area (TPSA) is 111 Å². The molecule has 0 bridgehead atoms. The zero-order chi connectivity index (χ0) is 10.2. The van der Waals surface area contributed by atoms with Crippen LogP contribution in [0.1, 0.15) is 10.4 Å². The smallest absolute Gasteiger partial charge is 0.340 e. The molecule has 0 aliphatic rings. The average Bonchev–Trinajstić information content (AvgIpc) is 2.29. The largest absolute Gasteiger partial charge is 0.478 e. The molecule has 0 saturated heterocycles. The maximum absolute atomic E-state index is 10.7. The number of carbonyl (C=O) groups is 1. The molecule has 1 aromatic rings. The third-order valence-corrected chi connectivity index (χ3v) is 2.53. The molecule has 0 aromatic carbocycles. The van der Waals surface area contributed by atoms with Crippen LogP contribution in [0, 0.1) is 0 Å². The normalized spacial score (nSPS) is 11.5. The van der Waals surface area contributed by atoms with Crippen molar-refractivity contribution in [3.8, 4) is 0 Å². The van der Waals surface area contributed by atoms with E-state index in [4.69, 9.17) is 10.2 Å². The Balaban J connectivity index is 3.33. The van der Waals surface area contributed by atoms with Crippen molar-refractivity contribution in [1.82, 2.24) is 0 Å². The minimum Gasteiger partial charge on any atom is -0.478 e. The molecule has 0 spiro atoms. The first-order valence-electron chi connectivity index (χ1n) is 2.88. The van der Waals surface area contributed by atoms with Gasteiger partial charge in [0.25, 0.3) is 10.0 Å². The molecule has 0 unspecified atom stereocenters. The fourth-order valence-corrected chi connectivity index (χ4v) is 1.68. The Morgan fingerprint density at radius 2 is 2.15 bits per heavy atom. The van der Waals surface area contributed by atoms with Crippen molar-refractivity contribution in [2.24, 2.45) is 5.14 Å². The summed E-state index contributed by atoms with van der Waals surface area (Å²) in [7, 11) is -4.00. The number of carboxylic acids is 1. The van der Waals surface area contributed by atoms with Crippen molar-refractivity contribution in [3.05, 3.63) is 16.3 Å². The maximum atomic E-state index is 10.7. The van der Waals surface area contributed by atoms with Crippen LogP contribution in [0.4, 0.5) is 0 Å². The fraction of sp³-hybridized carbons (Fsp3) is 0. The third-order valence-electron chi connectivity index (χ3n) is 1.17. The Bertz CT molecular complexity index is 447. The molecule has 72 valence electrons. The number of carboxylic acid groups (broad SMARTS) is 1. The minimum atomic E-state index is -4.00. The second-order valence-corrected chi connectivity index (χ2v) is 4.32. The fourth-order valence-electron chi connectivity index (χ4n) is 0.633. The van der Waals surface area contributed by atoms with Crippen molar-refractivity contribution >= 4 is 31.9 Å². The monoisotopic (exact) mass is 269 g/mol. The van der Waals surface area contributed by atoms with E-state index in [0.717, 1.165) is 6.07 Å². The molecular weight excluding hydrogens is 266 g/mol. The lowest BCUT2D eigenvalue weighted by molar-refractivity contribution is 0.0694. The molecule has 1 aromatic heterocycles. The number of nitrogens with two attached hydrogens (primary N) is 1. The van der Waals surface area contributed by atoms with Crippen molar-refractivity contribution < 1.29 is 22.7 Å². The highest BCUT2D eigenvalue weighted by atomic mass is 79.9. The molecule has 1 rings (SSSR count). The number of hydrogen-bond donors (Lipinski definition) is 2. The molecule has 3 N–H and O–H groups in total. The Kier molecular flexibility index (Phi) is 2.46. The average molecular weight is 270 g/mol. The van der Waals surface area contributed by atoms with Crippen LogP contribution in [0.2, 0.25) is 0 Å². The second kappa shape index (κ2) is 3.13. The molecule has 0 aliphatic heterocycles. The lowest BCUT2D eigenvalue weighted by Crippen LogP contribution is -2.10. The first-order valence-corrected chi connectivity index (χ1v) is 5.21. The number of furan rings is 1. The number of primary sulfonamides is 1. The number of aromatic carboxylic acids is 1. The van der Waals surface area contributed by atoms with Crippen LogP contribution in [-0.4, -0.2) is 19.5 Å². The molecule has 6 nitrogen and oxygen atoms in total. The van der Waals surface area contributed by atoms with Crippen molar-refractivity contribution in [2.75, 3.05) is 0 Å². The van der Waals surface area contributed by atoms with Gasteiger partial charge in [0.15, 0.2) is 4.67 Å². The van der Waals surface area contributed by atoms with E-state index in [1.807, 2.05) is 0 Å².